The molecule has 322 valence electrons. The van der Waals surface area contributed by atoms with Gasteiger partial charge in [0.15, 0.2) is 12.4 Å². The molecule has 1 rings (SSSR count). The van der Waals surface area contributed by atoms with E-state index in [1.165, 1.54) is 103 Å². The Bertz CT molecular complexity index is 954. The molecule has 0 aliphatic carbocycles. The molecular formula is C45H82O10. The van der Waals surface area contributed by atoms with Crippen LogP contribution in [0.25, 0.3) is 0 Å². The molecule has 55 heavy (non-hydrogen) atoms. The first-order valence-electron chi connectivity index (χ1n) is 22.4. The normalized spacial score (nSPS) is 20.7. The Morgan fingerprint density at radius 3 is 1.44 bits per heavy atom. The van der Waals surface area contributed by atoms with Crippen LogP contribution in [0.5, 0.6) is 0 Å². The number of ether oxygens (including phenoxy) is 4. The number of esters is 2. The first-order chi connectivity index (χ1) is 26.8. The van der Waals surface area contributed by atoms with Crippen LogP contribution in [0.15, 0.2) is 24.3 Å². The van der Waals surface area contributed by atoms with Gasteiger partial charge in [-0.3, -0.25) is 9.59 Å². The molecule has 1 aliphatic rings. The van der Waals surface area contributed by atoms with Gasteiger partial charge in [-0.2, -0.15) is 0 Å². The SMILES string of the molecule is CCCCCCCC/C=C/CCCCCCCCCC(=O)OC[C@@H](CO[C@H]1O[C@@H](CO)[C@@H](O)C(O)C1O)OC(=O)CCCCC/C=C/CCCCCCCC. The van der Waals surface area contributed by atoms with Gasteiger partial charge in [-0.05, 0) is 64.2 Å². The Morgan fingerprint density at radius 1 is 0.545 bits per heavy atom. The summed E-state index contributed by atoms with van der Waals surface area (Å²) in [6, 6.07) is 0. The van der Waals surface area contributed by atoms with E-state index in [1.807, 2.05) is 0 Å². The predicted molar refractivity (Wildman–Crippen MR) is 219 cm³/mol. The van der Waals surface area contributed by atoms with Crippen molar-refractivity contribution < 1.29 is 49.0 Å². The molecule has 6 atom stereocenters. The van der Waals surface area contributed by atoms with E-state index in [0.29, 0.717) is 6.42 Å². The fourth-order valence-corrected chi connectivity index (χ4v) is 6.71. The summed E-state index contributed by atoms with van der Waals surface area (Å²) < 4.78 is 22.1. The fraction of sp³-hybridized carbons (Fsp3) is 0.867. The van der Waals surface area contributed by atoms with Gasteiger partial charge in [-0.25, -0.2) is 0 Å². The topological polar surface area (TPSA) is 152 Å². The van der Waals surface area contributed by atoms with Crippen LogP contribution in [0, 0.1) is 0 Å². The summed E-state index contributed by atoms with van der Waals surface area (Å²) >= 11 is 0. The fourth-order valence-electron chi connectivity index (χ4n) is 6.71. The van der Waals surface area contributed by atoms with E-state index in [1.54, 1.807) is 0 Å². The van der Waals surface area contributed by atoms with Crippen molar-refractivity contribution in [3.8, 4) is 0 Å². The number of unbranched alkanes of at least 4 members (excludes halogenated alkanes) is 22. The molecule has 4 N–H and O–H groups in total. The van der Waals surface area contributed by atoms with Gasteiger partial charge in [0.2, 0.25) is 0 Å². The molecule has 1 aliphatic heterocycles. The minimum Gasteiger partial charge on any atom is -0.462 e. The van der Waals surface area contributed by atoms with Crippen LogP contribution in [0.1, 0.15) is 194 Å². The summed E-state index contributed by atoms with van der Waals surface area (Å²) in [5.74, 6) is -0.826. The van der Waals surface area contributed by atoms with Gasteiger partial charge < -0.3 is 39.4 Å². The van der Waals surface area contributed by atoms with Crippen molar-refractivity contribution in [3.63, 3.8) is 0 Å². The zero-order valence-corrected chi connectivity index (χ0v) is 34.9. The van der Waals surface area contributed by atoms with E-state index in [4.69, 9.17) is 18.9 Å². The molecule has 0 aromatic heterocycles. The molecule has 10 heteroatoms. The predicted octanol–water partition coefficient (Wildman–Crippen LogP) is 9.33. The second-order valence-electron chi connectivity index (χ2n) is 15.5. The van der Waals surface area contributed by atoms with E-state index >= 15 is 0 Å². The van der Waals surface area contributed by atoms with Gasteiger partial charge >= 0.3 is 11.9 Å². The lowest BCUT2D eigenvalue weighted by atomic mass is 9.99. The third-order valence-corrected chi connectivity index (χ3v) is 10.3. The number of allylic oxidation sites excluding steroid dienone is 4. The van der Waals surface area contributed by atoms with E-state index in [0.717, 1.165) is 57.8 Å². The van der Waals surface area contributed by atoms with Crippen molar-refractivity contribution in [1.29, 1.82) is 0 Å². The zero-order chi connectivity index (χ0) is 40.2. The molecule has 10 nitrogen and oxygen atoms in total. The number of carbonyl (C=O) groups is 2. The van der Waals surface area contributed by atoms with Crippen molar-refractivity contribution in [1.82, 2.24) is 0 Å². The molecule has 2 unspecified atom stereocenters. The van der Waals surface area contributed by atoms with Crippen LogP contribution in [0.4, 0.5) is 0 Å². The molecule has 0 aromatic carbocycles. The highest BCUT2D eigenvalue weighted by molar-refractivity contribution is 5.70. The van der Waals surface area contributed by atoms with Crippen LogP contribution in [0.2, 0.25) is 0 Å². The van der Waals surface area contributed by atoms with Crippen LogP contribution >= 0.6 is 0 Å². The number of carbonyl (C=O) groups excluding carboxylic acids is 2. The summed E-state index contributed by atoms with van der Waals surface area (Å²) in [6.45, 7) is 3.39. The standard InChI is InChI=1S/C45H82O10/c1-3-5-7-9-11-13-15-17-18-19-20-22-23-25-27-29-31-33-40(47)52-36-38(37-53-45-44(51)43(50)42(49)39(35-46)55-45)54-41(48)34-32-30-28-26-24-21-16-14-12-10-8-6-4-2/h17-18,21,24,38-39,42-46,49-51H,3-16,19-20,22-23,25-37H2,1-2H3/b18-17+,24-21+/t38-,39-,42+,43?,44?,45-/m0/s1. The van der Waals surface area contributed by atoms with Gasteiger partial charge in [0, 0.05) is 12.8 Å². The maximum Gasteiger partial charge on any atom is 0.306 e. The van der Waals surface area contributed by atoms with Crippen LogP contribution in [-0.4, -0.2) is 89.0 Å². The van der Waals surface area contributed by atoms with Crippen molar-refractivity contribution in [2.24, 2.45) is 0 Å². The largest absolute Gasteiger partial charge is 0.462 e. The van der Waals surface area contributed by atoms with Crippen molar-refractivity contribution in [3.05, 3.63) is 24.3 Å². The van der Waals surface area contributed by atoms with Crippen molar-refractivity contribution >= 4 is 11.9 Å². The number of hydrogen-bond acceptors (Lipinski definition) is 10. The Balaban J connectivity index is 2.33. The molecule has 0 radical (unpaired) electrons. The van der Waals surface area contributed by atoms with E-state index < -0.39 is 49.4 Å². The molecule has 0 saturated carbocycles. The quantitative estimate of drug-likeness (QED) is 0.0273. The number of rotatable bonds is 37. The number of aliphatic hydroxyl groups is 4. The smallest absolute Gasteiger partial charge is 0.306 e. The molecule has 1 heterocycles. The maximum absolute atomic E-state index is 12.7. The minimum absolute atomic E-state index is 0.210. The van der Waals surface area contributed by atoms with Gasteiger partial charge in [0.25, 0.3) is 0 Å². The molecule has 0 aromatic rings. The molecule has 0 bridgehead atoms. The second kappa shape index (κ2) is 36.5. The summed E-state index contributed by atoms with van der Waals surface area (Å²) in [4.78, 5) is 25.3. The molecule has 0 spiro atoms. The van der Waals surface area contributed by atoms with E-state index in [-0.39, 0.29) is 32.0 Å². The third kappa shape index (κ3) is 28.3. The Labute approximate surface area is 334 Å². The Morgan fingerprint density at radius 2 is 0.964 bits per heavy atom. The minimum atomic E-state index is -1.60. The lowest BCUT2D eigenvalue weighted by molar-refractivity contribution is -0.305. The van der Waals surface area contributed by atoms with Gasteiger partial charge in [0.05, 0.1) is 13.2 Å². The summed E-state index contributed by atoms with van der Waals surface area (Å²) in [5.41, 5.74) is 0. The first kappa shape index (κ1) is 51.2. The Hall–Kier alpha value is -1.82. The third-order valence-electron chi connectivity index (χ3n) is 10.3. The summed E-state index contributed by atoms with van der Waals surface area (Å²) in [5, 5.41) is 40.0. The van der Waals surface area contributed by atoms with Crippen molar-refractivity contribution in [2.75, 3.05) is 19.8 Å². The van der Waals surface area contributed by atoms with Gasteiger partial charge in [-0.15, -0.1) is 0 Å². The van der Waals surface area contributed by atoms with E-state index in [9.17, 15) is 30.0 Å². The van der Waals surface area contributed by atoms with Gasteiger partial charge in [0.1, 0.15) is 31.0 Å². The average molecular weight is 783 g/mol. The highest BCUT2D eigenvalue weighted by Gasteiger charge is 2.44. The van der Waals surface area contributed by atoms with Crippen LogP contribution in [0.3, 0.4) is 0 Å². The van der Waals surface area contributed by atoms with Crippen molar-refractivity contribution in [2.45, 2.75) is 230 Å². The lowest BCUT2D eigenvalue weighted by Gasteiger charge is -2.39. The van der Waals surface area contributed by atoms with Gasteiger partial charge in [-0.1, -0.05) is 141 Å². The van der Waals surface area contributed by atoms with Crippen LogP contribution in [-0.2, 0) is 28.5 Å². The molecule has 1 fully saturated rings. The summed E-state index contributed by atoms with van der Waals surface area (Å²) in [7, 11) is 0. The first-order valence-corrected chi connectivity index (χ1v) is 22.4. The highest BCUT2D eigenvalue weighted by Crippen LogP contribution is 2.22. The highest BCUT2D eigenvalue weighted by atomic mass is 16.7. The second-order valence-corrected chi connectivity index (χ2v) is 15.5. The number of aliphatic hydroxyl groups excluding tert-OH is 4. The molecular weight excluding hydrogens is 700 g/mol. The average Bonchev–Trinajstić information content (AvgIpc) is 3.18. The molecule has 1 saturated heterocycles. The van der Waals surface area contributed by atoms with Crippen LogP contribution < -0.4 is 0 Å². The Kier molecular flexibility index (Phi) is 34.0. The monoisotopic (exact) mass is 783 g/mol. The maximum atomic E-state index is 12.7. The lowest BCUT2D eigenvalue weighted by Crippen LogP contribution is -2.59. The van der Waals surface area contributed by atoms with E-state index in [2.05, 4.69) is 38.2 Å². The zero-order valence-electron chi connectivity index (χ0n) is 34.9. The number of hydrogen-bond donors (Lipinski definition) is 4. The molecule has 0 amide bonds. The summed E-state index contributed by atoms with van der Waals surface area (Å²) in [6.07, 6.45) is 31.8.